The van der Waals surface area contributed by atoms with Gasteiger partial charge in [-0.1, -0.05) is 0 Å². The van der Waals surface area contributed by atoms with Crippen molar-refractivity contribution >= 4 is 12.3 Å². The Kier molecular flexibility index (Phi) is 5.42. The van der Waals surface area contributed by atoms with Gasteiger partial charge in [-0.05, 0) is 25.0 Å². The summed E-state index contributed by atoms with van der Waals surface area (Å²) in [4.78, 5) is 22.0. The summed E-state index contributed by atoms with van der Waals surface area (Å²) in [7, 11) is 2.89. The standard InChI is InChI=1S/C14H14O5/c1-4-19-14(16)6-5-11-12(17-2)7-10(9-15)8-13(11)18-3/h7-9H,4H2,1-3H3. The number of rotatable bonds is 4. The van der Waals surface area contributed by atoms with E-state index < -0.39 is 5.97 Å². The Labute approximate surface area is 111 Å². The van der Waals surface area contributed by atoms with Crippen LogP contribution in [0.5, 0.6) is 11.5 Å². The zero-order valence-electron chi connectivity index (χ0n) is 11.0. The van der Waals surface area contributed by atoms with Crippen LogP contribution >= 0.6 is 0 Å². The van der Waals surface area contributed by atoms with E-state index in [0.29, 0.717) is 28.9 Å². The highest BCUT2D eigenvalue weighted by molar-refractivity contribution is 5.89. The molecule has 0 saturated carbocycles. The SMILES string of the molecule is CCOC(=O)C#Cc1c(OC)cc(C=O)cc1OC. The third-order valence-corrected chi connectivity index (χ3v) is 2.23. The maximum absolute atomic E-state index is 11.2. The van der Waals surface area contributed by atoms with Crippen molar-refractivity contribution in [2.45, 2.75) is 6.92 Å². The van der Waals surface area contributed by atoms with E-state index >= 15 is 0 Å². The van der Waals surface area contributed by atoms with Crippen LogP contribution in [0.3, 0.4) is 0 Å². The van der Waals surface area contributed by atoms with Gasteiger partial charge in [0.05, 0.1) is 20.8 Å². The van der Waals surface area contributed by atoms with Crippen molar-refractivity contribution in [1.82, 2.24) is 0 Å². The minimum atomic E-state index is -0.633. The molecule has 0 bridgehead atoms. The number of methoxy groups -OCH3 is 2. The number of hydrogen-bond donors (Lipinski definition) is 0. The van der Waals surface area contributed by atoms with Crippen LogP contribution in [-0.2, 0) is 9.53 Å². The molecular formula is C14H14O5. The summed E-state index contributed by atoms with van der Waals surface area (Å²) in [5.74, 6) is 5.04. The molecule has 0 N–H and O–H groups in total. The molecule has 0 radical (unpaired) electrons. The van der Waals surface area contributed by atoms with E-state index in [1.807, 2.05) is 0 Å². The van der Waals surface area contributed by atoms with Crippen LogP contribution in [0.2, 0.25) is 0 Å². The monoisotopic (exact) mass is 262 g/mol. The molecule has 5 heteroatoms. The summed E-state index contributed by atoms with van der Waals surface area (Å²) in [6, 6.07) is 3.04. The minimum absolute atomic E-state index is 0.256. The first-order chi connectivity index (χ1) is 9.15. The highest BCUT2D eigenvalue weighted by Crippen LogP contribution is 2.29. The normalized spacial score (nSPS) is 9.00. The molecule has 0 heterocycles. The van der Waals surface area contributed by atoms with Gasteiger partial charge in [0.15, 0.2) is 0 Å². The zero-order valence-corrected chi connectivity index (χ0v) is 11.0. The summed E-state index contributed by atoms with van der Waals surface area (Å²) >= 11 is 0. The van der Waals surface area contributed by atoms with E-state index in [0.717, 1.165) is 0 Å². The Hall–Kier alpha value is -2.48. The lowest BCUT2D eigenvalue weighted by Gasteiger charge is -2.09. The third-order valence-electron chi connectivity index (χ3n) is 2.23. The maximum Gasteiger partial charge on any atom is 0.384 e. The topological polar surface area (TPSA) is 61.8 Å². The van der Waals surface area contributed by atoms with Crippen LogP contribution in [0.1, 0.15) is 22.8 Å². The van der Waals surface area contributed by atoms with Crippen molar-refractivity contribution in [3.05, 3.63) is 23.3 Å². The Morgan fingerprint density at radius 1 is 1.26 bits per heavy atom. The first kappa shape index (κ1) is 14.6. The van der Waals surface area contributed by atoms with Crippen molar-refractivity contribution in [3.8, 4) is 23.3 Å². The summed E-state index contributed by atoms with van der Waals surface area (Å²) < 4.78 is 15.0. The molecule has 100 valence electrons. The lowest BCUT2D eigenvalue weighted by Crippen LogP contribution is -2.00. The fraction of sp³-hybridized carbons (Fsp3) is 0.286. The number of ether oxygens (including phenoxy) is 3. The van der Waals surface area contributed by atoms with Crippen LogP contribution in [0.15, 0.2) is 12.1 Å². The van der Waals surface area contributed by atoms with Crippen LogP contribution in [0.25, 0.3) is 0 Å². The summed E-state index contributed by atoms with van der Waals surface area (Å²) in [5.41, 5.74) is 0.791. The maximum atomic E-state index is 11.2. The van der Waals surface area contributed by atoms with Gasteiger partial charge in [0.25, 0.3) is 0 Å². The predicted octanol–water partition coefficient (Wildman–Crippen LogP) is 1.43. The lowest BCUT2D eigenvalue weighted by atomic mass is 10.1. The molecular weight excluding hydrogens is 248 g/mol. The Balaban J connectivity index is 3.24. The molecule has 0 saturated heterocycles. The van der Waals surface area contributed by atoms with Gasteiger partial charge >= 0.3 is 5.97 Å². The van der Waals surface area contributed by atoms with Gasteiger partial charge in [0.1, 0.15) is 23.3 Å². The summed E-state index contributed by atoms with van der Waals surface area (Å²) in [6.07, 6.45) is 0.674. The fourth-order valence-corrected chi connectivity index (χ4v) is 1.40. The van der Waals surface area contributed by atoms with Gasteiger partial charge in [0.2, 0.25) is 0 Å². The molecule has 5 nitrogen and oxygen atoms in total. The average molecular weight is 262 g/mol. The predicted molar refractivity (Wildman–Crippen MR) is 68.4 cm³/mol. The van der Waals surface area contributed by atoms with Crippen LogP contribution in [-0.4, -0.2) is 33.1 Å². The molecule has 0 fully saturated rings. The minimum Gasteiger partial charge on any atom is -0.495 e. The number of hydrogen-bond acceptors (Lipinski definition) is 5. The number of benzene rings is 1. The Morgan fingerprint density at radius 3 is 2.26 bits per heavy atom. The van der Waals surface area contributed by atoms with Gasteiger partial charge in [-0.25, -0.2) is 4.79 Å². The summed E-state index contributed by atoms with van der Waals surface area (Å²) in [5, 5.41) is 0. The second-order valence-corrected chi connectivity index (χ2v) is 3.39. The first-order valence-electron chi connectivity index (χ1n) is 5.56. The van der Waals surface area contributed by atoms with E-state index in [9.17, 15) is 9.59 Å². The molecule has 0 aliphatic carbocycles. The van der Waals surface area contributed by atoms with Crippen molar-refractivity contribution in [1.29, 1.82) is 0 Å². The van der Waals surface area contributed by atoms with Crippen molar-refractivity contribution < 1.29 is 23.8 Å². The summed E-state index contributed by atoms with van der Waals surface area (Å²) in [6.45, 7) is 1.95. The van der Waals surface area contributed by atoms with E-state index in [2.05, 4.69) is 11.8 Å². The van der Waals surface area contributed by atoms with Crippen LogP contribution in [0, 0.1) is 11.8 Å². The molecule has 0 aliphatic heterocycles. The number of carbonyl (C=O) groups is 2. The molecule has 0 unspecified atom stereocenters. The fourth-order valence-electron chi connectivity index (χ4n) is 1.40. The zero-order chi connectivity index (χ0) is 14.3. The largest absolute Gasteiger partial charge is 0.495 e. The third kappa shape index (κ3) is 3.75. The van der Waals surface area contributed by atoms with Crippen LogP contribution < -0.4 is 9.47 Å². The number of carbonyl (C=O) groups excluding carboxylic acids is 2. The van der Waals surface area contributed by atoms with Crippen molar-refractivity contribution in [2.75, 3.05) is 20.8 Å². The van der Waals surface area contributed by atoms with Gasteiger partial charge in [-0.15, -0.1) is 0 Å². The Bertz CT molecular complexity index is 511. The average Bonchev–Trinajstić information content (AvgIpc) is 2.44. The van der Waals surface area contributed by atoms with Gasteiger partial charge in [0, 0.05) is 11.5 Å². The molecule has 0 spiro atoms. The van der Waals surface area contributed by atoms with Gasteiger partial charge in [-0.3, -0.25) is 4.79 Å². The van der Waals surface area contributed by atoms with E-state index in [1.165, 1.54) is 26.4 Å². The van der Waals surface area contributed by atoms with Crippen LogP contribution in [0.4, 0.5) is 0 Å². The molecule has 19 heavy (non-hydrogen) atoms. The lowest BCUT2D eigenvalue weighted by molar-refractivity contribution is -0.136. The van der Waals surface area contributed by atoms with Crippen molar-refractivity contribution in [2.24, 2.45) is 0 Å². The molecule has 1 rings (SSSR count). The second-order valence-electron chi connectivity index (χ2n) is 3.39. The highest BCUT2D eigenvalue weighted by atomic mass is 16.5. The smallest absolute Gasteiger partial charge is 0.384 e. The molecule has 0 aromatic heterocycles. The van der Waals surface area contributed by atoms with Crippen molar-refractivity contribution in [3.63, 3.8) is 0 Å². The second kappa shape index (κ2) is 7.07. The Morgan fingerprint density at radius 2 is 1.84 bits per heavy atom. The molecule has 0 aliphatic rings. The number of esters is 1. The number of aldehydes is 1. The van der Waals surface area contributed by atoms with E-state index in [1.54, 1.807) is 6.92 Å². The molecule has 1 aromatic carbocycles. The van der Waals surface area contributed by atoms with Gasteiger partial charge < -0.3 is 14.2 Å². The van der Waals surface area contributed by atoms with Gasteiger partial charge in [-0.2, -0.15) is 0 Å². The molecule has 0 amide bonds. The quantitative estimate of drug-likeness (QED) is 0.466. The van der Waals surface area contributed by atoms with E-state index in [4.69, 9.17) is 14.2 Å². The van der Waals surface area contributed by atoms with E-state index in [-0.39, 0.29) is 6.61 Å². The molecule has 1 aromatic rings. The highest BCUT2D eigenvalue weighted by Gasteiger charge is 2.10. The molecule has 0 atom stereocenters. The first-order valence-corrected chi connectivity index (χ1v) is 5.56.